The molecule has 0 saturated heterocycles. The Kier molecular flexibility index (Phi) is 6.14. The second-order valence-corrected chi connectivity index (χ2v) is 5.42. The molecule has 0 fully saturated rings. The summed E-state index contributed by atoms with van der Waals surface area (Å²) in [6.45, 7) is 4.47. The number of para-hydroxylation sites is 1. The smallest absolute Gasteiger partial charge is 0.382 e. The number of carbonyl (C=O) groups is 2. The standard InChI is InChI=1S/C15H19F3N2O3/c1-8(2)10-6-4-5-9(3)12(10)20-14(23)13(22)19-7-11(21)15(16,17)18/h4-6,8,11,21H,7H2,1-3H3,(H,19,22)(H,20,23). The van der Waals surface area contributed by atoms with Crippen LogP contribution in [0, 0.1) is 6.92 Å². The molecular weight excluding hydrogens is 313 g/mol. The minimum Gasteiger partial charge on any atom is -0.382 e. The molecule has 0 heterocycles. The van der Waals surface area contributed by atoms with Crippen LogP contribution in [0.15, 0.2) is 18.2 Å². The fraction of sp³-hybridized carbons (Fsp3) is 0.467. The van der Waals surface area contributed by atoms with Gasteiger partial charge >= 0.3 is 18.0 Å². The number of anilines is 1. The van der Waals surface area contributed by atoms with E-state index < -0.39 is 30.6 Å². The fourth-order valence-corrected chi connectivity index (χ4v) is 1.90. The lowest BCUT2D eigenvalue weighted by atomic mass is 9.98. The first-order chi connectivity index (χ1) is 10.5. The van der Waals surface area contributed by atoms with E-state index in [0.29, 0.717) is 5.69 Å². The van der Waals surface area contributed by atoms with Crippen molar-refractivity contribution in [3.63, 3.8) is 0 Å². The first kappa shape index (κ1) is 19.0. The molecule has 23 heavy (non-hydrogen) atoms. The SMILES string of the molecule is Cc1cccc(C(C)C)c1NC(=O)C(=O)NCC(O)C(F)(F)F. The number of carbonyl (C=O) groups excluding carboxylic acids is 2. The highest BCUT2D eigenvalue weighted by Crippen LogP contribution is 2.27. The number of alkyl halides is 3. The Morgan fingerprint density at radius 2 is 1.83 bits per heavy atom. The topological polar surface area (TPSA) is 78.4 Å². The Hall–Kier alpha value is -2.09. The van der Waals surface area contributed by atoms with E-state index in [-0.39, 0.29) is 5.92 Å². The Morgan fingerprint density at radius 3 is 2.35 bits per heavy atom. The van der Waals surface area contributed by atoms with Crippen molar-refractivity contribution in [1.82, 2.24) is 5.32 Å². The molecule has 0 spiro atoms. The van der Waals surface area contributed by atoms with E-state index in [1.54, 1.807) is 30.4 Å². The number of halogens is 3. The minimum absolute atomic E-state index is 0.0836. The summed E-state index contributed by atoms with van der Waals surface area (Å²) in [4.78, 5) is 23.4. The summed E-state index contributed by atoms with van der Waals surface area (Å²) in [5.41, 5.74) is 1.99. The summed E-state index contributed by atoms with van der Waals surface area (Å²) in [6.07, 6.45) is -7.58. The number of rotatable bonds is 4. The molecule has 5 nitrogen and oxygen atoms in total. The summed E-state index contributed by atoms with van der Waals surface area (Å²) in [5, 5.41) is 13.0. The number of aliphatic hydroxyl groups excluding tert-OH is 1. The first-order valence-corrected chi connectivity index (χ1v) is 6.97. The highest BCUT2D eigenvalue weighted by molar-refractivity contribution is 6.39. The first-order valence-electron chi connectivity index (χ1n) is 6.97. The van der Waals surface area contributed by atoms with Crippen LogP contribution >= 0.6 is 0 Å². The molecule has 1 aromatic rings. The number of aliphatic hydroxyl groups is 1. The Labute approximate surface area is 131 Å². The molecule has 0 aliphatic carbocycles. The maximum atomic E-state index is 12.1. The summed E-state index contributed by atoms with van der Waals surface area (Å²) in [6, 6.07) is 5.34. The van der Waals surface area contributed by atoms with E-state index in [2.05, 4.69) is 5.32 Å². The van der Waals surface area contributed by atoms with Gasteiger partial charge in [-0.3, -0.25) is 9.59 Å². The maximum absolute atomic E-state index is 12.1. The van der Waals surface area contributed by atoms with E-state index in [4.69, 9.17) is 5.11 Å². The normalized spacial score (nSPS) is 12.9. The Balaban J connectivity index is 2.75. The van der Waals surface area contributed by atoms with Crippen molar-refractivity contribution < 1.29 is 27.9 Å². The highest BCUT2D eigenvalue weighted by atomic mass is 19.4. The minimum atomic E-state index is -4.86. The number of nitrogens with one attached hydrogen (secondary N) is 2. The van der Waals surface area contributed by atoms with Crippen molar-refractivity contribution in [3.05, 3.63) is 29.3 Å². The van der Waals surface area contributed by atoms with E-state index in [9.17, 15) is 22.8 Å². The Morgan fingerprint density at radius 1 is 1.22 bits per heavy atom. The van der Waals surface area contributed by atoms with Crippen molar-refractivity contribution in [2.24, 2.45) is 0 Å². The van der Waals surface area contributed by atoms with Gasteiger partial charge in [0.2, 0.25) is 0 Å². The van der Waals surface area contributed by atoms with Crippen LogP contribution in [0.3, 0.4) is 0 Å². The van der Waals surface area contributed by atoms with Crippen molar-refractivity contribution in [2.45, 2.75) is 39.0 Å². The zero-order chi connectivity index (χ0) is 17.8. The Bertz CT molecular complexity index is 586. The third kappa shape index (κ3) is 5.24. The molecule has 2 amide bonds. The van der Waals surface area contributed by atoms with Gasteiger partial charge in [0.15, 0.2) is 6.10 Å². The molecule has 0 radical (unpaired) electrons. The molecular formula is C15H19F3N2O3. The van der Waals surface area contributed by atoms with Gasteiger partial charge in [-0.15, -0.1) is 0 Å². The summed E-state index contributed by atoms with van der Waals surface area (Å²) in [5.74, 6) is -2.25. The fourth-order valence-electron chi connectivity index (χ4n) is 1.90. The summed E-state index contributed by atoms with van der Waals surface area (Å²) >= 11 is 0. The van der Waals surface area contributed by atoms with Crippen LogP contribution in [-0.2, 0) is 9.59 Å². The van der Waals surface area contributed by atoms with Crippen molar-refractivity contribution >= 4 is 17.5 Å². The monoisotopic (exact) mass is 332 g/mol. The van der Waals surface area contributed by atoms with Gasteiger partial charge in [-0.1, -0.05) is 32.0 Å². The summed E-state index contributed by atoms with van der Waals surface area (Å²) in [7, 11) is 0. The van der Waals surface area contributed by atoms with E-state index >= 15 is 0 Å². The number of amides is 2. The van der Waals surface area contributed by atoms with Crippen molar-refractivity contribution in [2.75, 3.05) is 11.9 Å². The number of benzene rings is 1. The zero-order valence-corrected chi connectivity index (χ0v) is 13.0. The van der Waals surface area contributed by atoms with Crippen molar-refractivity contribution in [1.29, 1.82) is 0 Å². The van der Waals surface area contributed by atoms with Gasteiger partial charge in [0.25, 0.3) is 0 Å². The third-order valence-corrected chi connectivity index (χ3v) is 3.21. The van der Waals surface area contributed by atoms with Crippen LogP contribution in [0.5, 0.6) is 0 Å². The van der Waals surface area contributed by atoms with Crippen LogP contribution in [0.25, 0.3) is 0 Å². The summed E-state index contributed by atoms with van der Waals surface area (Å²) < 4.78 is 36.4. The molecule has 1 aromatic carbocycles. The lowest BCUT2D eigenvalue weighted by Crippen LogP contribution is -2.44. The average Bonchev–Trinajstić information content (AvgIpc) is 2.44. The van der Waals surface area contributed by atoms with Crippen LogP contribution in [0.1, 0.15) is 30.9 Å². The van der Waals surface area contributed by atoms with Crippen LogP contribution in [0.4, 0.5) is 18.9 Å². The van der Waals surface area contributed by atoms with Gasteiger partial charge in [-0.05, 0) is 24.0 Å². The molecule has 0 aliphatic rings. The van der Waals surface area contributed by atoms with Gasteiger partial charge in [-0.2, -0.15) is 13.2 Å². The lowest BCUT2D eigenvalue weighted by molar-refractivity contribution is -0.201. The molecule has 128 valence electrons. The van der Waals surface area contributed by atoms with Crippen molar-refractivity contribution in [3.8, 4) is 0 Å². The van der Waals surface area contributed by atoms with E-state index in [0.717, 1.165) is 11.1 Å². The molecule has 8 heteroatoms. The quantitative estimate of drug-likeness (QED) is 0.739. The van der Waals surface area contributed by atoms with Gasteiger partial charge < -0.3 is 15.7 Å². The van der Waals surface area contributed by atoms with Gasteiger partial charge in [-0.25, -0.2) is 0 Å². The molecule has 0 bridgehead atoms. The van der Waals surface area contributed by atoms with Crippen LogP contribution < -0.4 is 10.6 Å². The van der Waals surface area contributed by atoms with Crippen LogP contribution in [-0.4, -0.2) is 35.7 Å². The molecule has 1 atom stereocenters. The maximum Gasteiger partial charge on any atom is 0.416 e. The second kappa shape index (κ2) is 7.45. The van der Waals surface area contributed by atoms with Gasteiger partial charge in [0.1, 0.15) is 0 Å². The predicted molar refractivity (Wildman–Crippen MR) is 79.0 cm³/mol. The third-order valence-electron chi connectivity index (χ3n) is 3.21. The van der Waals surface area contributed by atoms with E-state index in [1.807, 2.05) is 13.8 Å². The number of hydrogen-bond acceptors (Lipinski definition) is 3. The van der Waals surface area contributed by atoms with Gasteiger partial charge in [0, 0.05) is 5.69 Å². The average molecular weight is 332 g/mol. The molecule has 0 saturated carbocycles. The molecule has 1 unspecified atom stereocenters. The largest absolute Gasteiger partial charge is 0.416 e. The molecule has 1 rings (SSSR count). The number of aryl methyl sites for hydroxylation is 1. The van der Waals surface area contributed by atoms with E-state index in [1.165, 1.54) is 0 Å². The number of hydrogen-bond donors (Lipinski definition) is 3. The highest BCUT2D eigenvalue weighted by Gasteiger charge is 2.38. The molecule has 0 aliphatic heterocycles. The molecule has 3 N–H and O–H groups in total. The second-order valence-electron chi connectivity index (χ2n) is 5.42. The predicted octanol–water partition coefficient (Wildman–Crippen LogP) is 2.10. The zero-order valence-electron chi connectivity index (χ0n) is 13.0. The van der Waals surface area contributed by atoms with Crippen LogP contribution in [0.2, 0.25) is 0 Å². The lowest BCUT2D eigenvalue weighted by Gasteiger charge is -2.17. The molecule has 0 aromatic heterocycles. The van der Waals surface area contributed by atoms with Gasteiger partial charge in [0.05, 0.1) is 6.54 Å².